The minimum absolute atomic E-state index is 0.234. The van der Waals surface area contributed by atoms with Gasteiger partial charge in [0.15, 0.2) is 6.04 Å². The number of nitrogens with zero attached hydrogens (tertiary/aromatic N) is 1. The molecule has 0 bridgehead atoms. The molecule has 2 heterocycles. The van der Waals surface area contributed by atoms with E-state index in [1.807, 2.05) is 12.3 Å². The summed E-state index contributed by atoms with van der Waals surface area (Å²) in [4.78, 5) is 25.9. The van der Waals surface area contributed by atoms with Crippen LogP contribution in [0.5, 0.6) is 0 Å². The van der Waals surface area contributed by atoms with Crippen LogP contribution in [0.25, 0.3) is 0 Å². The molecule has 2 rings (SSSR count). The van der Waals surface area contributed by atoms with Crippen molar-refractivity contribution >= 4 is 23.3 Å². The summed E-state index contributed by atoms with van der Waals surface area (Å²) < 4.78 is 0. The smallest absolute Gasteiger partial charge is 0.331 e. The predicted molar refractivity (Wildman–Crippen MR) is 73.2 cm³/mol. The number of carboxylic acid groups (broad SMARTS) is 1. The Morgan fingerprint density at radius 3 is 3.00 bits per heavy atom. The summed E-state index contributed by atoms with van der Waals surface area (Å²) in [5.41, 5.74) is 0. The van der Waals surface area contributed by atoms with Gasteiger partial charge in [-0.2, -0.15) is 0 Å². The van der Waals surface area contributed by atoms with Crippen LogP contribution in [-0.4, -0.2) is 34.6 Å². The van der Waals surface area contributed by atoms with Crippen molar-refractivity contribution in [3.8, 4) is 0 Å². The maximum atomic E-state index is 12.2. The van der Waals surface area contributed by atoms with Gasteiger partial charge in [-0.1, -0.05) is 13.0 Å². The van der Waals surface area contributed by atoms with Gasteiger partial charge >= 0.3 is 12.0 Å². The van der Waals surface area contributed by atoms with E-state index in [4.69, 9.17) is 0 Å². The third-order valence-corrected chi connectivity index (χ3v) is 4.39. The van der Waals surface area contributed by atoms with Crippen LogP contribution in [0.2, 0.25) is 0 Å². The number of carbonyl (C=O) groups excluding carboxylic acids is 1. The van der Waals surface area contributed by atoms with E-state index in [0.717, 1.165) is 19.3 Å². The maximum absolute atomic E-state index is 12.2. The molecule has 1 aromatic rings. The number of rotatable bonds is 4. The molecule has 1 aromatic heterocycles. The van der Waals surface area contributed by atoms with Crippen molar-refractivity contribution in [1.82, 2.24) is 10.2 Å². The molecule has 0 saturated carbocycles. The normalized spacial score (nSPS) is 20.3. The van der Waals surface area contributed by atoms with Crippen LogP contribution >= 0.6 is 11.3 Å². The van der Waals surface area contributed by atoms with Crippen LogP contribution < -0.4 is 5.32 Å². The van der Waals surface area contributed by atoms with E-state index in [0.29, 0.717) is 11.4 Å². The molecule has 2 unspecified atom stereocenters. The van der Waals surface area contributed by atoms with E-state index in [-0.39, 0.29) is 12.1 Å². The number of carboxylic acids is 1. The SMILES string of the molecule is CCC1CCCN1C(=O)NC(C(=O)O)c1cccs1. The number of aliphatic carboxylic acids is 1. The first-order valence-electron chi connectivity index (χ1n) is 6.46. The van der Waals surface area contributed by atoms with Crippen LogP contribution in [0.4, 0.5) is 4.79 Å². The molecule has 19 heavy (non-hydrogen) atoms. The van der Waals surface area contributed by atoms with Gasteiger partial charge in [0, 0.05) is 17.5 Å². The molecule has 2 amide bonds. The Bertz CT molecular complexity index is 447. The lowest BCUT2D eigenvalue weighted by atomic mass is 10.2. The summed E-state index contributed by atoms with van der Waals surface area (Å²) in [6.45, 7) is 2.76. The molecule has 0 aromatic carbocycles. The van der Waals surface area contributed by atoms with Crippen LogP contribution in [0.15, 0.2) is 17.5 Å². The third-order valence-electron chi connectivity index (χ3n) is 3.45. The summed E-state index contributed by atoms with van der Waals surface area (Å²) in [7, 11) is 0. The average molecular weight is 282 g/mol. The van der Waals surface area contributed by atoms with Gasteiger partial charge in [0.2, 0.25) is 0 Å². The van der Waals surface area contributed by atoms with Crippen molar-refractivity contribution in [2.45, 2.75) is 38.3 Å². The number of thiophene rings is 1. The van der Waals surface area contributed by atoms with Crippen molar-refractivity contribution in [1.29, 1.82) is 0 Å². The summed E-state index contributed by atoms with van der Waals surface area (Å²) in [6.07, 6.45) is 2.90. The number of carbonyl (C=O) groups is 2. The molecule has 104 valence electrons. The molecule has 1 fully saturated rings. The minimum atomic E-state index is -1.02. The molecule has 6 heteroatoms. The van der Waals surface area contributed by atoms with Crippen LogP contribution in [0.3, 0.4) is 0 Å². The molecule has 1 aliphatic heterocycles. The van der Waals surface area contributed by atoms with Crippen LogP contribution in [0.1, 0.15) is 37.1 Å². The Hall–Kier alpha value is -1.56. The van der Waals surface area contributed by atoms with Crippen LogP contribution in [-0.2, 0) is 4.79 Å². The van der Waals surface area contributed by atoms with Gasteiger partial charge in [-0.25, -0.2) is 9.59 Å². The highest BCUT2D eigenvalue weighted by Crippen LogP contribution is 2.23. The average Bonchev–Trinajstić information content (AvgIpc) is 3.05. The van der Waals surface area contributed by atoms with Gasteiger partial charge in [0.05, 0.1) is 0 Å². The quantitative estimate of drug-likeness (QED) is 0.891. The number of hydrogen-bond donors (Lipinski definition) is 2. The molecule has 2 atom stereocenters. The fourth-order valence-corrected chi connectivity index (χ4v) is 3.21. The number of urea groups is 1. The van der Waals surface area contributed by atoms with E-state index < -0.39 is 12.0 Å². The Morgan fingerprint density at radius 1 is 1.63 bits per heavy atom. The van der Waals surface area contributed by atoms with E-state index in [1.54, 1.807) is 17.0 Å². The highest BCUT2D eigenvalue weighted by molar-refractivity contribution is 7.10. The van der Waals surface area contributed by atoms with E-state index >= 15 is 0 Å². The summed E-state index contributed by atoms with van der Waals surface area (Å²) in [5, 5.41) is 13.7. The molecule has 1 aliphatic rings. The molecule has 0 radical (unpaired) electrons. The number of nitrogens with one attached hydrogen (secondary N) is 1. The largest absolute Gasteiger partial charge is 0.479 e. The van der Waals surface area contributed by atoms with Gasteiger partial charge in [0.1, 0.15) is 0 Å². The Balaban J connectivity index is 2.05. The fraction of sp³-hybridized carbons (Fsp3) is 0.538. The first kappa shape index (κ1) is 13.9. The van der Waals surface area contributed by atoms with Crippen molar-refractivity contribution in [3.05, 3.63) is 22.4 Å². The summed E-state index contributed by atoms with van der Waals surface area (Å²) in [5.74, 6) is -1.02. The number of likely N-dealkylation sites (tertiary alicyclic amines) is 1. The Morgan fingerprint density at radius 2 is 2.42 bits per heavy atom. The molecule has 0 aliphatic carbocycles. The fourth-order valence-electron chi connectivity index (χ4n) is 2.44. The zero-order valence-corrected chi connectivity index (χ0v) is 11.7. The van der Waals surface area contributed by atoms with Gasteiger partial charge in [-0.15, -0.1) is 11.3 Å². The van der Waals surface area contributed by atoms with E-state index in [1.165, 1.54) is 11.3 Å². The van der Waals surface area contributed by atoms with Gasteiger partial charge in [-0.05, 0) is 30.7 Å². The molecular weight excluding hydrogens is 264 g/mol. The second-order valence-electron chi connectivity index (χ2n) is 4.63. The van der Waals surface area contributed by atoms with Crippen molar-refractivity contribution in [2.24, 2.45) is 0 Å². The topological polar surface area (TPSA) is 69.6 Å². The second-order valence-corrected chi connectivity index (χ2v) is 5.61. The van der Waals surface area contributed by atoms with Crippen molar-refractivity contribution in [2.75, 3.05) is 6.54 Å². The zero-order chi connectivity index (χ0) is 13.8. The van der Waals surface area contributed by atoms with Crippen molar-refractivity contribution < 1.29 is 14.7 Å². The lowest BCUT2D eigenvalue weighted by molar-refractivity contribution is -0.139. The monoisotopic (exact) mass is 282 g/mol. The molecule has 5 nitrogen and oxygen atoms in total. The van der Waals surface area contributed by atoms with E-state index in [9.17, 15) is 14.7 Å². The lowest BCUT2D eigenvalue weighted by Gasteiger charge is -2.25. The van der Waals surface area contributed by atoms with Crippen molar-refractivity contribution in [3.63, 3.8) is 0 Å². The first-order chi connectivity index (χ1) is 9.13. The maximum Gasteiger partial charge on any atom is 0.331 e. The minimum Gasteiger partial charge on any atom is -0.479 e. The predicted octanol–water partition coefficient (Wildman–Crippen LogP) is 2.46. The highest BCUT2D eigenvalue weighted by atomic mass is 32.1. The van der Waals surface area contributed by atoms with Gasteiger partial charge in [0.25, 0.3) is 0 Å². The number of hydrogen-bond acceptors (Lipinski definition) is 3. The Labute approximate surface area is 116 Å². The lowest BCUT2D eigenvalue weighted by Crippen LogP contribution is -2.45. The van der Waals surface area contributed by atoms with Gasteiger partial charge < -0.3 is 15.3 Å². The summed E-state index contributed by atoms with van der Waals surface area (Å²) in [6, 6.07) is 2.52. The molecule has 2 N–H and O–H groups in total. The standard InChI is InChI=1S/C13H18N2O3S/c1-2-9-5-3-7-15(9)13(18)14-11(12(16)17)10-6-4-8-19-10/h4,6,8-9,11H,2-3,5,7H2,1H3,(H,14,18)(H,16,17). The van der Waals surface area contributed by atoms with Gasteiger partial charge in [-0.3, -0.25) is 0 Å². The Kier molecular flexibility index (Phi) is 4.42. The molecule has 0 spiro atoms. The first-order valence-corrected chi connectivity index (χ1v) is 7.34. The second kappa shape index (κ2) is 6.06. The van der Waals surface area contributed by atoms with E-state index in [2.05, 4.69) is 5.32 Å². The number of amides is 2. The molecular formula is C13H18N2O3S. The molecule has 1 saturated heterocycles. The summed E-state index contributed by atoms with van der Waals surface area (Å²) >= 11 is 1.34. The zero-order valence-electron chi connectivity index (χ0n) is 10.8. The van der Waals surface area contributed by atoms with Crippen LogP contribution in [0, 0.1) is 0 Å². The third kappa shape index (κ3) is 3.07. The highest BCUT2D eigenvalue weighted by Gasteiger charge is 2.31.